The predicted molar refractivity (Wildman–Crippen MR) is 64.9 cm³/mol. The molecule has 4 nitrogen and oxygen atoms in total. The molecule has 1 rings (SSSR count). The van der Waals surface area contributed by atoms with E-state index >= 15 is 0 Å². The maximum absolute atomic E-state index is 12.0. The molecule has 0 aliphatic carbocycles. The van der Waals surface area contributed by atoms with Crippen molar-refractivity contribution in [3.63, 3.8) is 0 Å². The number of nitrogens with one attached hydrogen (secondary N) is 1. The molecule has 0 spiro atoms. The van der Waals surface area contributed by atoms with E-state index in [1.54, 1.807) is 30.1 Å². The lowest BCUT2D eigenvalue weighted by molar-refractivity contribution is 0.0770. The Morgan fingerprint density at radius 3 is 2.50 bits per heavy atom. The van der Waals surface area contributed by atoms with E-state index in [9.17, 15) is 9.90 Å². The fourth-order valence-corrected chi connectivity index (χ4v) is 1.60. The molecule has 0 radical (unpaired) electrons. The van der Waals surface area contributed by atoms with Crippen LogP contribution in [0, 0.1) is 0 Å². The second kappa shape index (κ2) is 5.39. The van der Waals surface area contributed by atoms with E-state index in [2.05, 4.69) is 5.32 Å². The molecule has 0 saturated carbocycles. The van der Waals surface area contributed by atoms with Crippen LogP contribution in [-0.4, -0.2) is 36.1 Å². The summed E-state index contributed by atoms with van der Waals surface area (Å²) in [5.41, 5.74) is 0.911. The fourth-order valence-electron chi connectivity index (χ4n) is 1.60. The molecule has 1 aromatic carbocycles. The first-order valence-corrected chi connectivity index (χ1v) is 5.44. The fraction of sp³-hybridized carbons (Fsp3) is 0.417. The zero-order valence-electron chi connectivity index (χ0n) is 9.95. The Morgan fingerprint density at radius 2 is 2.00 bits per heavy atom. The van der Waals surface area contributed by atoms with Crippen molar-refractivity contribution < 1.29 is 9.90 Å². The van der Waals surface area contributed by atoms with Gasteiger partial charge in [0.2, 0.25) is 0 Å². The molecule has 0 atom stereocenters. The van der Waals surface area contributed by atoms with Crippen molar-refractivity contribution in [3.05, 3.63) is 23.8 Å². The molecule has 0 unspecified atom stereocenters. The molecule has 0 fully saturated rings. The lowest BCUT2D eigenvalue weighted by Gasteiger charge is -2.19. The number of carbonyl (C=O) groups is 1. The van der Waals surface area contributed by atoms with Gasteiger partial charge in [0.1, 0.15) is 0 Å². The Hall–Kier alpha value is -1.71. The zero-order chi connectivity index (χ0) is 12.1. The third-order valence-electron chi connectivity index (χ3n) is 2.59. The van der Waals surface area contributed by atoms with Gasteiger partial charge in [-0.2, -0.15) is 0 Å². The molecular formula is C12H18N2O2. The topological polar surface area (TPSA) is 52.6 Å². The molecule has 0 bridgehead atoms. The molecule has 88 valence electrons. The van der Waals surface area contributed by atoms with Gasteiger partial charge in [-0.15, -0.1) is 0 Å². The van der Waals surface area contributed by atoms with E-state index < -0.39 is 0 Å². The number of anilines is 1. The van der Waals surface area contributed by atoms with Crippen molar-refractivity contribution in [3.8, 4) is 5.75 Å². The molecule has 0 aliphatic heterocycles. The average molecular weight is 222 g/mol. The number of nitrogens with zero attached hydrogens (tertiary/aromatic N) is 1. The van der Waals surface area contributed by atoms with Gasteiger partial charge in [0.25, 0.3) is 5.91 Å². The third kappa shape index (κ3) is 2.27. The van der Waals surface area contributed by atoms with Gasteiger partial charge < -0.3 is 15.3 Å². The number of hydrogen-bond acceptors (Lipinski definition) is 3. The lowest BCUT2D eigenvalue weighted by atomic mass is 10.1. The second-order valence-corrected chi connectivity index (χ2v) is 3.43. The van der Waals surface area contributed by atoms with Gasteiger partial charge in [0.15, 0.2) is 5.75 Å². The van der Waals surface area contributed by atoms with Crippen LogP contribution in [0.3, 0.4) is 0 Å². The van der Waals surface area contributed by atoms with Gasteiger partial charge >= 0.3 is 0 Å². The number of para-hydroxylation sites is 1. The molecule has 0 aliphatic rings. The van der Waals surface area contributed by atoms with Gasteiger partial charge in [-0.1, -0.05) is 6.07 Å². The van der Waals surface area contributed by atoms with Gasteiger partial charge in [-0.05, 0) is 26.0 Å². The van der Waals surface area contributed by atoms with E-state index in [-0.39, 0.29) is 11.7 Å². The predicted octanol–water partition coefficient (Wildman–Crippen LogP) is 1.92. The summed E-state index contributed by atoms with van der Waals surface area (Å²) in [4.78, 5) is 13.7. The summed E-state index contributed by atoms with van der Waals surface area (Å²) in [5, 5.41) is 12.7. The van der Waals surface area contributed by atoms with Crippen LogP contribution < -0.4 is 5.32 Å². The second-order valence-electron chi connectivity index (χ2n) is 3.43. The summed E-state index contributed by atoms with van der Waals surface area (Å²) in [6.45, 7) is 5.11. The summed E-state index contributed by atoms with van der Waals surface area (Å²) in [6.07, 6.45) is 0. The van der Waals surface area contributed by atoms with E-state index in [0.717, 1.165) is 0 Å². The van der Waals surface area contributed by atoms with Crippen LogP contribution in [0.25, 0.3) is 0 Å². The van der Waals surface area contributed by atoms with E-state index in [1.165, 1.54) is 0 Å². The first-order chi connectivity index (χ1) is 7.65. The summed E-state index contributed by atoms with van der Waals surface area (Å²) in [7, 11) is 1.71. The molecule has 0 aromatic heterocycles. The number of benzene rings is 1. The number of carbonyl (C=O) groups excluding carboxylic acids is 1. The normalized spacial score (nSPS) is 9.94. The van der Waals surface area contributed by atoms with E-state index in [0.29, 0.717) is 24.3 Å². The highest BCUT2D eigenvalue weighted by Crippen LogP contribution is 2.27. The standard InChI is InChI=1S/C12H18N2O2/c1-4-14(5-2)12(16)9-7-6-8-10(13-3)11(9)15/h6-8,13,15H,4-5H2,1-3H3. The number of phenolic OH excluding ortho intramolecular Hbond substituents is 1. The maximum Gasteiger partial charge on any atom is 0.257 e. The van der Waals surface area contributed by atoms with E-state index in [4.69, 9.17) is 0 Å². The monoisotopic (exact) mass is 222 g/mol. The van der Waals surface area contributed by atoms with E-state index in [1.807, 2.05) is 13.8 Å². The third-order valence-corrected chi connectivity index (χ3v) is 2.59. The summed E-state index contributed by atoms with van der Waals surface area (Å²) < 4.78 is 0. The Labute approximate surface area is 95.9 Å². The summed E-state index contributed by atoms with van der Waals surface area (Å²) in [6, 6.07) is 5.12. The highest BCUT2D eigenvalue weighted by atomic mass is 16.3. The van der Waals surface area contributed by atoms with Gasteiger partial charge in [-0.3, -0.25) is 4.79 Å². The van der Waals surface area contributed by atoms with Crippen LogP contribution in [0.15, 0.2) is 18.2 Å². The Bertz CT molecular complexity index is 373. The molecule has 0 heterocycles. The number of hydrogen-bond donors (Lipinski definition) is 2. The van der Waals surface area contributed by atoms with Gasteiger partial charge in [0, 0.05) is 20.1 Å². The Balaban J connectivity index is 3.08. The molecule has 2 N–H and O–H groups in total. The van der Waals surface area contributed by atoms with Crippen LogP contribution >= 0.6 is 0 Å². The maximum atomic E-state index is 12.0. The number of amides is 1. The number of rotatable bonds is 4. The molecular weight excluding hydrogens is 204 g/mol. The SMILES string of the molecule is CCN(CC)C(=O)c1cccc(NC)c1O. The van der Waals surface area contributed by atoms with Gasteiger partial charge in [-0.25, -0.2) is 0 Å². The number of phenols is 1. The zero-order valence-corrected chi connectivity index (χ0v) is 9.95. The average Bonchev–Trinajstić information content (AvgIpc) is 2.30. The van der Waals surface area contributed by atoms with Crippen molar-refractivity contribution in [2.75, 3.05) is 25.5 Å². The quantitative estimate of drug-likeness (QED) is 0.765. The highest BCUT2D eigenvalue weighted by Gasteiger charge is 2.17. The Morgan fingerprint density at radius 1 is 1.38 bits per heavy atom. The van der Waals surface area contributed by atoms with Crippen LogP contribution in [0.5, 0.6) is 5.75 Å². The molecule has 16 heavy (non-hydrogen) atoms. The highest BCUT2D eigenvalue weighted by molar-refractivity contribution is 5.98. The molecule has 4 heteroatoms. The molecule has 1 amide bonds. The minimum atomic E-state index is -0.139. The molecule has 1 aromatic rings. The van der Waals surface area contributed by atoms with Crippen LogP contribution in [0.4, 0.5) is 5.69 Å². The van der Waals surface area contributed by atoms with Crippen molar-refractivity contribution in [1.82, 2.24) is 4.90 Å². The smallest absolute Gasteiger partial charge is 0.257 e. The first-order valence-electron chi connectivity index (χ1n) is 5.44. The van der Waals surface area contributed by atoms with Crippen LogP contribution in [-0.2, 0) is 0 Å². The summed E-state index contributed by atoms with van der Waals surface area (Å²) in [5.74, 6) is -0.124. The molecule has 0 saturated heterocycles. The summed E-state index contributed by atoms with van der Waals surface area (Å²) >= 11 is 0. The van der Waals surface area contributed by atoms with Crippen molar-refractivity contribution >= 4 is 11.6 Å². The van der Waals surface area contributed by atoms with Crippen molar-refractivity contribution in [2.45, 2.75) is 13.8 Å². The number of aromatic hydroxyl groups is 1. The minimum absolute atomic E-state index is 0.0156. The van der Waals surface area contributed by atoms with Gasteiger partial charge in [0.05, 0.1) is 11.3 Å². The van der Waals surface area contributed by atoms with Crippen molar-refractivity contribution in [2.24, 2.45) is 0 Å². The Kier molecular flexibility index (Phi) is 4.17. The minimum Gasteiger partial charge on any atom is -0.505 e. The largest absolute Gasteiger partial charge is 0.505 e. The van der Waals surface area contributed by atoms with Crippen LogP contribution in [0.1, 0.15) is 24.2 Å². The first kappa shape index (κ1) is 12.4. The van der Waals surface area contributed by atoms with Crippen molar-refractivity contribution in [1.29, 1.82) is 0 Å². The lowest BCUT2D eigenvalue weighted by Crippen LogP contribution is -2.30. The van der Waals surface area contributed by atoms with Crippen LogP contribution in [0.2, 0.25) is 0 Å².